The molecule has 2 amide bonds. The molecule has 2 unspecified atom stereocenters. The van der Waals surface area contributed by atoms with E-state index in [1.807, 2.05) is 13.8 Å². The molecule has 7 heteroatoms. The number of morpholine rings is 1. The van der Waals surface area contributed by atoms with Gasteiger partial charge in [0.25, 0.3) is 0 Å². The number of ether oxygens (including phenoxy) is 1. The maximum absolute atomic E-state index is 11.0. The average Bonchev–Trinajstić information content (AvgIpc) is 2.64. The zero-order chi connectivity index (χ0) is 16.8. The number of carbonyl (C=O) groups is 2. The van der Waals surface area contributed by atoms with Crippen LogP contribution in [0.1, 0.15) is 33.1 Å². The van der Waals surface area contributed by atoms with Crippen molar-refractivity contribution in [2.75, 3.05) is 40.3 Å². The van der Waals surface area contributed by atoms with Gasteiger partial charge in [-0.1, -0.05) is 20.3 Å². The standard InChI is InChI=1S/C7H14N2O.C6H12N2O2.C2H6/c1-8-7(10)6-4-2-3-5-9-6;1-7-6(9)5-4-8-2-3-10-5;1-2/h6,9H,2-5H2,1H3,(H,8,10);5,8H,2-4H2,1H3,(H,7,9);1-2H3. The van der Waals surface area contributed by atoms with E-state index in [4.69, 9.17) is 4.74 Å². The molecule has 22 heavy (non-hydrogen) atoms. The second kappa shape index (κ2) is 13.5. The monoisotopic (exact) mass is 316 g/mol. The van der Waals surface area contributed by atoms with E-state index in [1.54, 1.807) is 14.1 Å². The molecule has 130 valence electrons. The van der Waals surface area contributed by atoms with Crippen molar-refractivity contribution in [1.29, 1.82) is 0 Å². The van der Waals surface area contributed by atoms with Gasteiger partial charge in [-0.25, -0.2) is 0 Å². The quantitative estimate of drug-likeness (QED) is 0.557. The predicted octanol–water partition coefficient (Wildman–Crippen LogP) is -0.378. The summed E-state index contributed by atoms with van der Waals surface area (Å²) in [7, 11) is 3.29. The van der Waals surface area contributed by atoms with E-state index in [9.17, 15) is 9.59 Å². The lowest BCUT2D eigenvalue weighted by Gasteiger charge is -2.21. The van der Waals surface area contributed by atoms with Gasteiger partial charge in [0, 0.05) is 27.2 Å². The zero-order valence-corrected chi connectivity index (χ0v) is 14.3. The maximum atomic E-state index is 11.0. The number of piperidine rings is 1. The van der Waals surface area contributed by atoms with Crippen LogP contribution in [0.5, 0.6) is 0 Å². The summed E-state index contributed by atoms with van der Waals surface area (Å²) in [5.74, 6) is 0.0758. The van der Waals surface area contributed by atoms with Crippen molar-refractivity contribution >= 4 is 11.8 Å². The molecular weight excluding hydrogens is 284 g/mol. The fourth-order valence-electron chi connectivity index (χ4n) is 2.14. The number of rotatable bonds is 2. The molecule has 2 rings (SSSR count). The normalized spacial score (nSPS) is 23.8. The number of hydrogen-bond donors (Lipinski definition) is 4. The van der Waals surface area contributed by atoms with Crippen molar-refractivity contribution < 1.29 is 14.3 Å². The largest absolute Gasteiger partial charge is 0.366 e. The lowest BCUT2D eigenvalue weighted by molar-refractivity contribution is -0.133. The fourth-order valence-corrected chi connectivity index (χ4v) is 2.14. The Labute approximate surface area is 133 Å². The first-order chi connectivity index (χ1) is 10.7. The second-order valence-corrected chi connectivity index (χ2v) is 4.79. The van der Waals surface area contributed by atoms with Crippen molar-refractivity contribution in [3.05, 3.63) is 0 Å². The Morgan fingerprint density at radius 2 is 1.73 bits per heavy atom. The van der Waals surface area contributed by atoms with Crippen molar-refractivity contribution in [3.8, 4) is 0 Å². The van der Waals surface area contributed by atoms with Gasteiger partial charge >= 0.3 is 0 Å². The molecule has 7 nitrogen and oxygen atoms in total. The van der Waals surface area contributed by atoms with Crippen molar-refractivity contribution in [3.63, 3.8) is 0 Å². The van der Waals surface area contributed by atoms with Gasteiger partial charge in [-0.3, -0.25) is 9.59 Å². The van der Waals surface area contributed by atoms with E-state index in [2.05, 4.69) is 21.3 Å². The smallest absolute Gasteiger partial charge is 0.250 e. The third-order valence-electron chi connectivity index (χ3n) is 3.34. The highest BCUT2D eigenvalue weighted by molar-refractivity contribution is 5.81. The number of hydrogen-bond acceptors (Lipinski definition) is 5. The van der Waals surface area contributed by atoms with Crippen molar-refractivity contribution in [2.24, 2.45) is 0 Å². The van der Waals surface area contributed by atoms with E-state index < -0.39 is 0 Å². The lowest BCUT2D eigenvalue weighted by Crippen LogP contribution is -2.46. The molecular formula is C15H32N4O3. The van der Waals surface area contributed by atoms with Crippen LogP contribution in [0, 0.1) is 0 Å². The molecule has 2 fully saturated rings. The average molecular weight is 316 g/mol. The third-order valence-corrected chi connectivity index (χ3v) is 3.34. The van der Waals surface area contributed by atoms with Crippen LogP contribution in [0.25, 0.3) is 0 Å². The SMILES string of the molecule is CC.CNC(=O)C1CCCCN1.CNC(=O)C1CNCCO1. The zero-order valence-electron chi connectivity index (χ0n) is 14.3. The molecule has 0 spiro atoms. The van der Waals surface area contributed by atoms with E-state index in [0.717, 1.165) is 19.5 Å². The Bertz CT molecular complexity index is 271. The number of nitrogens with one attached hydrogen (secondary N) is 4. The summed E-state index contributed by atoms with van der Waals surface area (Å²) < 4.78 is 5.16. The van der Waals surface area contributed by atoms with Gasteiger partial charge in [-0.2, -0.15) is 0 Å². The van der Waals surface area contributed by atoms with Gasteiger partial charge in [-0.15, -0.1) is 0 Å². The predicted molar refractivity (Wildman–Crippen MR) is 87.7 cm³/mol. The van der Waals surface area contributed by atoms with Crippen LogP contribution in [0.15, 0.2) is 0 Å². The maximum Gasteiger partial charge on any atom is 0.250 e. The van der Waals surface area contributed by atoms with Crippen LogP contribution in [0.4, 0.5) is 0 Å². The highest BCUT2D eigenvalue weighted by Gasteiger charge is 2.19. The Balaban J connectivity index is 0.000000360. The molecule has 0 radical (unpaired) electrons. The van der Waals surface area contributed by atoms with Gasteiger partial charge < -0.3 is 26.0 Å². The summed E-state index contributed by atoms with van der Waals surface area (Å²) in [4.78, 5) is 21.9. The first-order valence-corrected chi connectivity index (χ1v) is 8.18. The van der Waals surface area contributed by atoms with E-state index in [1.165, 1.54) is 12.8 Å². The molecule has 2 aliphatic rings. The summed E-state index contributed by atoms with van der Waals surface area (Å²) in [6, 6.07) is 0.0683. The van der Waals surface area contributed by atoms with Crippen molar-refractivity contribution in [1.82, 2.24) is 21.3 Å². The summed E-state index contributed by atoms with van der Waals surface area (Å²) >= 11 is 0. The van der Waals surface area contributed by atoms with E-state index >= 15 is 0 Å². The third kappa shape index (κ3) is 8.31. The molecule has 2 atom stereocenters. The molecule has 2 aliphatic heterocycles. The summed E-state index contributed by atoms with van der Waals surface area (Å²) in [6.07, 6.45) is 3.07. The molecule has 0 aromatic carbocycles. The first kappa shape index (κ1) is 20.8. The molecule has 0 aliphatic carbocycles. The van der Waals surface area contributed by atoms with Crippen LogP contribution >= 0.6 is 0 Å². The van der Waals surface area contributed by atoms with Crippen molar-refractivity contribution in [2.45, 2.75) is 45.3 Å². The summed E-state index contributed by atoms with van der Waals surface area (Å²) in [6.45, 7) is 7.07. The molecule has 0 saturated carbocycles. The summed E-state index contributed by atoms with van der Waals surface area (Å²) in [5.41, 5.74) is 0. The molecule has 0 bridgehead atoms. The first-order valence-electron chi connectivity index (χ1n) is 8.18. The lowest BCUT2D eigenvalue weighted by atomic mass is 10.0. The minimum absolute atomic E-state index is 0.0489. The van der Waals surface area contributed by atoms with Gasteiger partial charge in [0.2, 0.25) is 11.8 Å². The Morgan fingerprint density at radius 1 is 1.05 bits per heavy atom. The second-order valence-electron chi connectivity index (χ2n) is 4.79. The topological polar surface area (TPSA) is 91.5 Å². The minimum atomic E-state index is -0.293. The minimum Gasteiger partial charge on any atom is -0.366 e. The Hall–Kier alpha value is -1.18. The van der Waals surface area contributed by atoms with Crippen LogP contribution in [0.3, 0.4) is 0 Å². The van der Waals surface area contributed by atoms with Gasteiger partial charge in [0.05, 0.1) is 12.6 Å². The number of carbonyl (C=O) groups excluding carboxylic acids is 2. The van der Waals surface area contributed by atoms with Gasteiger partial charge in [-0.05, 0) is 19.4 Å². The summed E-state index contributed by atoms with van der Waals surface area (Å²) in [5, 5.41) is 11.4. The van der Waals surface area contributed by atoms with Crippen LogP contribution < -0.4 is 21.3 Å². The van der Waals surface area contributed by atoms with E-state index in [-0.39, 0.29) is 24.0 Å². The van der Waals surface area contributed by atoms with E-state index in [0.29, 0.717) is 13.2 Å². The van der Waals surface area contributed by atoms with Crippen LogP contribution in [-0.4, -0.2) is 64.3 Å². The molecule has 4 N–H and O–H groups in total. The highest BCUT2D eigenvalue weighted by Crippen LogP contribution is 2.06. The fraction of sp³-hybridized carbons (Fsp3) is 0.867. The molecule has 2 saturated heterocycles. The highest BCUT2D eigenvalue weighted by atomic mass is 16.5. The van der Waals surface area contributed by atoms with Crippen LogP contribution in [-0.2, 0) is 14.3 Å². The Morgan fingerprint density at radius 3 is 2.18 bits per heavy atom. The molecule has 2 heterocycles. The molecule has 0 aromatic heterocycles. The number of amides is 2. The Kier molecular flexibility index (Phi) is 12.8. The van der Waals surface area contributed by atoms with Gasteiger partial charge in [0.15, 0.2) is 0 Å². The van der Waals surface area contributed by atoms with Gasteiger partial charge in [0.1, 0.15) is 6.10 Å². The van der Waals surface area contributed by atoms with Crippen LogP contribution in [0.2, 0.25) is 0 Å². The number of likely N-dealkylation sites (N-methyl/N-ethyl adjacent to an activating group) is 2. The molecule has 0 aromatic rings.